The second-order valence-corrected chi connectivity index (χ2v) is 5.78. The van der Waals surface area contributed by atoms with Crippen molar-refractivity contribution in [3.8, 4) is 6.07 Å². The summed E-state index contributed by atoms with van der Waals surface area (Å²) in [5.41, 5.74) is 1.66. The summed E-state index contributed by atoms with van der Waals surface area (Å²) in [4.78, 5) is 21.0. The monoisotopic (exact) mass is 283 g/mol. The van der Waals surface area contributed by atoms with Crippen LogP contribution in [0.3, 0.4) is 0 Å². The number of nitriles is 1. The third-order valence-corrected chi connectivity index (χ3v) is 2.83. The van der Waals surface area contributed by atoms with Crippen molar-refractivity contribution in [2.24, 2.45) is 0 Å². The number of hydrogen-bond donors (Lipinski definition) is 0. The highest BCUT2D eigenvalue weighted by Crippen LogP contribution is 2.23. The second kappa shape index (κ2) is 5.49. The number of ether oxygens (including phenoxy) is 1. The molecule has 0 saturated heterocycles. The Hall–Kier alpha value is -2.48. The van der Waals surface area contributed by atoms with E-state index < -0.39 is 17.5 Å². The number of aryl methyl sites for hydroxylation is 1. The highest BCUT2D eigenvalue weighted by atomic mass is 16.6. The molecule has 0 N–H and O–H groups in total. The van der Waals surface area contributed by atoms with E-state index in [1.165, 1.54) is 0 Å². The predicted molar refractivity (Wildman–Crippen MR) is 78.5 cm³/mol. The minimum Gasteiger partial charge on any atom is -0.459 e. The Morgan fingerprint density at radius 3 is 2.33 bits per heavy atom. The molecule has 0 fully saturated rings. The molecule has 1 atom stereocenters. The van der Waals surface area contributed by atoms with Crippen LogP contribution in [-0.4, -0.2) is 21.5 Å². The van der Waals surface area contributed by atoms with E-state index in [4.69, 9.17) is 4.74 Å². The highest BCUT2D eigenvalue weighted by molar-refractivity contribution is 5.83. The molecular weight excluding hydrogens is 266 g/mol. The molecule has 0 bridgehead atoms. The largest absolute Gasteiger partial charge is 0.459 e. The molecule has 21 heavy (non-hydrogen) atoms. The van der Waals surface area contributed by atoms with Crippen molar-refractivity contribution in [3.05, 3.63) is 35.7 Å². The summed E-state index contributed by atoms with van der Waals surface area (Å²) < 4.78 is 5.28. The number of carbonyl (C=O) groups excluding carboxylic acids is 1. The van der Waals surface area contributed by atoms with Crippen LogP contribution in [0.15, 0.2) is 24.3 Å². The number of esters is 1. The van der Waals surface area contributed by atoms with Gasteiger partial charge >= 0.3 is 5.97 Å². The van der Waals surface area contributed by atoms with Gasteiger partial charge in [-0.25, -0.2) is 9.97 Å². The lowest BCUT2D eigenvalue weighted by molar-refractivity contribution is -0.155. The van der Waals surface area contributed by atoms with Crippen LogP contribution in [0.2, 0.25) is 0 Å². The topological polar surface area (TPSA) is 75.9 Å². The number of benzene rings is 1. The molecule has 0 aliphatic carbocycles. The summed E-state index contributed by atoms with van der Waals surface area (Å²) in [6.07, 6.45) is 0. The molecule has 2 rings (SSSR count). The van der Waals surface area contributed by atoms with E-state index in [-0.39, 0.29) is 0 Å². The molecule has 5 heteroatoms. The van der Waals surface area contributed by atoms with Gasteiger partial charge in [0.1, 0.15) is 5.60 Å². The van der Waals surface area contributed by atoms with E-state index in [1.807, 2.05) is 24.3 Å². The van der Waals surface area contributed by atoms with Crippen molar-refractivity contribution in [2.45, 2.75) is 39.2 Å². The van der Waals surface area contributed by atoms with Crippen molar-refractivity contribution in [2.75, 3.05) is 0 Å². The Kier molecular flexibility index (Phi) is 3.90. The van der Waals surface area contributed by atoms with Crippen LogP contribution in [-0.2, 0) is 9.53 Å². The van der Waals surface area contributed by atoms with Crippen LogP contribution in [0.25, 0.3) is 11.0 Å². The summed E-state index contributed by atoms with van der Waals surface area (Å²) >= 11 is 0. The molecule has 1 heterocycles. The first-order chi connectivity index (χ1) is 9.81. The molecular formula is C16H17N3O2. The molecule has 2 aromatic rings. The Labute approximate surface area is 123 Å². The van der Waals surface area contributed by atoms with Gasteiger partial charge < -0.3 is 4.74 Å². The fourth-order valence-electron chi connectivity index (χ4n) is 1.96. The number of fused-ring (bicyclic) bond motifs is 1. The normalized spacial score (nSPS) is 12.7. The van der Waals surface area contributed by atoms with Gasteiger partial charge in [-0.15, -0.1) is 0 Å². The Morgan fingerprint density at radius 2 is 1.81 bits per heavy atom. The average Bonchev–Trinajstić information content (AvgIpc) is 2.38. The average molecular weight is 283 g/mol. The fraction of sp³-hybridized carbons (Fsp3) is 0.375. The van der Waals surface area contributed by atoms with Crippen LogP contribution in [0.5, 0.6) is 0 Å². The fourth-order valence-corrected chi connectivity index (χ4v) is 1.96. The first kappa shape index (κ1) is 14.9. The van der Waals surface area contributed by atoms with E-state index in [0.717, 1.165) is 5.52 Å². The van der Waals surface area contributed by atoms with Crippen LogP contribution in [0.1, 0.15) is 38.1 Å². The Morgan fingerprint density at radius 1 is 1.24 bits per heavy atom. The number of para-hydroxylation sites is 2. The third kappa shape index (κ3) is 3.34. The summed E-state index contributed by atoms with van der Waals surface area (Å²) in [5, 5.41) is 9.32. The Balaban J connectivity index is 2.45. The zero-order valence-electron chi connectivity index (χ0n) is 12.5. The van der Waals surface area contributed by atoms with Gasteiger partial charge in [-0.1, -0.05) is 12.1 Å². The van der Waals surface area contributed by atoms with Crippen LogP contribution >= 0.6 is 0 Å². The zero-order chi connectivity index (χ0) is 15.6. The van der Waals surface area contributed by atoms with E-state index in [1.54, 1.807) is 33.8 Å². The second-order valence-electron chi connectivity index (χ2n) is 5.78. The number of aromatic nitrogens is 2. The quantitative estimate of drug-likeness (QED) is 0.792. The minimum absolute atomic E-state index is 0.352. The highest BCUT2D eigenvalue weighted by Gasteiger charge is 2.29. The van der Waals surface area contributed by atoms with Gasteiger partial charge in [0.2, 0.25) is 0 Å². The standard InChI is InChI=1S/C16H17N3O2/c1-10-14(11(9-17)15(20)21-16(2,3)4)19-13-8-6-5-7-12(13)18-10/h5-8,11H,1-4H3/t11-/m0/s1. The lowest BCUT2D eigenvalue weighted by Gasteiger charge is -2.21. The van der Waals surface area contributed by atoms with Gasteiger partial charge in [0.25, 0.3) is 0 Å². The molecule has 108 valence electrons. The minimum atomic E-state index is -1.07. The number of carbonyl (C=O) groups is 1. The molecule has 0 unspecified atom stereocenters. The van der Waals surface area contributed by atoms with Gasteiger partial charge in [-0.05, 0) is 39.8 Å². The zero-order valence-corrected chi connectivity index (χ0v) is 12.5. The van der Waals surface area contributed by atoms with Crippen molar-refractivity contribution in [1.29, 1.82) is 5.26 Å². The SMILES string of the molecule is Cc1nc2ccccc2nc1[C@H](C#N)C(=O)OC(C)(C)C. The summed E-state index contributed by atoms with van der Waals surface area (Å²) in [6.45, 7) is 7.03. The lowest BCUT2D eigenvalue weighted by atomic mass is 10.0. The first-order valence-corrected chi connectivity index (χ1v) is 6.67. The molecule has 0 spiro atoms. The third-order valence-electron chi connectivity index (χ3n) is 2.83. The molecule has 0 saturated carbocycles. The van der Waals surface area contributed by atoms with Crippen molar-refractivity contribution < 1.29 is 9.53 Å². The maximum atomic E-state index is 12.2. The van der Waals surface area contributed by atoms with Gasteiger partial charge in [0.05, 0.1) is 28.5 Å². The molecule has 0 aliphatic heterocycles. The van der Waals surface area contributed by atoms with Gasteiger partial charge in [-0.2, -0.15) is 5.26 Å². The molecule has 1 aromatic carbocycles. The van der Waals surface area contributed by atoms with Gasteiger partial charge in [0, 0.05) is 0 Å². The maximum Gasteiger partial charge on any atom is 0.330 e. The van der Waals surface area contributed by atoms with E-state index in [2.05, 4.69) is 9.97 Å². The number of nitrogens with zero attached hydrogens (tertiary/aromatic N) is 3. The lowest BCUT2D eigenvalue weighted by Crippen LogP contribution is -2.28. The predicted octanol–water partition coefficient (Wildman–Crippen LogP) is 2.89. The van der Waals surface area contributed by atoms with E-state index >= 15 is 0 Å². The Bertz CT molecular complexity index is 726. The van der Waals surface area contributed by atoms with Crippen LogP contribution in [0.4, 0.5) is 0 Å². The van der Waals surface area contributed by atoms with Crippen molar-refractivity contribution in [1.82, 2.24) is 9.97 Å². The molecule has 0 aliphatic rings. The van der Waals surface area contributed by atoms with Crippen LogP contribution in [0, 0.1) is 18.3 Å². The van der Waals surface area contributed by atoms with Gasteiger partial charge in [-0.3, -0.25) is 4.79 Å². The first-order valence-electron chi connectivity index (χ1n) is 6.67. The number of rotatable bonds is 2. The smallest absolute Gasteiger partial charge is 0.330 e. The summed E-state index contributed by atoms with van der Waals surface area (Å²) in [6, 6.07) is 9.32. The van der Waals surface area contributed by atoms with Crippen LogP contribution < -0.4 is 0 Å². The molecule has 5 nitrogen and oxygen atoms in total. The van der Waals surface area contributed by atoms with Crippen molar-refractivity contribution >= 4 is 17.0 Å². The maximum absolute atomic E-state index is 12.2. The number of hydrogen-bond acceptors (Lipinski definition) is 5. The van der Waals surface area contributed by atoms with E-state index in [0.29, 0.717) is 16.9 Å². The summed E-state index contributed by atoms with van der Waals surface area (Å²) in [5.74, 6) is -1.67. The van der Waals surface area contributed by atoms with Gasteiger partial charge in [0.15, 0.2) is 5.92 Å². The molecule has 0 radical (unpaired) electrons. The van der Waals surface area contributed by atoms with E-state index in [9.17, 15) is 10.1 Å². The molecule has 1 aromatic heterocycles. The molecule has 0 amide bonds. The summed E-state index contributed by atoms with van der Waals surface area (Å²) in [7, 11) is 0. The van der Waals surface area contributed by atoms with Crippen molar-refractivity contribution in [3.63, 3.8) is 0 Å².